The van der Waals surface area contributed by atoms with E-state index in [0.717, 1.165) is 37.3 Å². The third-order valence-corrected chi connectivity index (χ3v) is 6.07. The van der Waals surface area contributed by atoms with Crippen molar-refractivity contribution in [2.45, 2.75) is 77.3 Å². The number of hydrogen-bond donors (Lipinski definition) is 2. The molecule has 0 spiro atoms. The summed E-state index contributed by atoms with van der Waals surface area (Å²) < 4.78 is 0. The van der Waals surface area contributed by atoms with E-state index in [-0.39, 0.29) is 12.5 Å². The van der Waals surface area contributed by atoms with E-state index >= 15 is 0 Å². The Morgan fingerprint density at radius 1 is 1.11 bits per heavy atom. The van der Waals surface area contributed by atoms with Crippen LogP contribution in [0.5, 0.6) is 0 Å². The van der Waals surface area contributed by atoms with Gasteiger partial charge in [0, 0.05) is 32.7 Å². The highest BCUT2D eigenvalue weighted by Crippen LogP contribution is 2.27. The number of carbonyl (C=O) groups excluding carboxylic acids is 1. The third-order valence-electron chi connectivity index (χ3n) is 6.07. The highest BCUT2D eigenvalue weighted by molar-refractivity contribution is 5.84. The molecule has 0 aromatic carbocycles. The van der Waals surface area contributed by atoms with Crippen LogP contribution in [0.2, 0.25) is 0 Å². The number of likely N-dealkylation sites (N-methyl/N-ethyl adjacent to an activating group) is 1. The van der Waals surface area contributed by atoms with Gasteiger partial charge in [-0.05, 0) is 64.0 Å². The van der Waals surface area contributed by atoms with Gasteiger partial charge in [0.25, 0.3) is 0 Å². The number of amides is 1. The summed E-state index contributed by atoms with van der Waals surface area (Å²) in [5.41, 5.74) is 0. The number of hydrogen-bond acceptors (Lipinski definition) is 3. The predicted octanol–water partition coefficient (Wildman–Crippen LogP) is 2.45. The fourth-order valence-electron chi connectivity index (χ4n) is 4.00. The van der Waals surface area contributed by atoms with Gasteiger partial charge in [-0.2, -0.15) is 0 Å². The summed E-state index contributed by atoms with van der Waals surface area (Å²) >= 11 is 0. The second-order valence-electron chi connectivity index (χ2n) is 8.60. The fraction of sp³-hybridized carbons (Fsp3) is 0.905. The van der Waals surface area contributed by atoms with E-state index in [2.05, 4.69) is 34.4 Å². The average Bonchev–Trinajstić information content (AvgIpc) is 2.67. The van der Waals surface area contributed by atoms with Crippen molar-refractivity contribution in [1.29, 1.82) is 0 Å². The summed E-state index contributed by atoms with van der Waals surface area (Å²) in [5.74, 6) is 1.74. The molecule has 0 radical (unpaired) electrons. The lowest BCUT2D eigenvalue weighted by atomic mass is 9.88. The Morgan fingerprint density at radius 3 is 2.37 bits per heavy atom. The third kappa shape index (κ3) is 7.68. The lowest BCUT2D eigenvalue weighted by molar-refractivity contribution is -0.127. The van der Waals surface area contributed by atoms with Crippen molar-refractivity contribution in [2.75, 3.05) is 40.3 Å². The maximum Gasteiger partial charge on any atom is 0.243 e. The number of guanidine groups is 1. The van der Waals surface area contributed by atoms with E-state index in [1.165, 1.54) is 51.6 Å². The molecule has 2 aliphatic rings. The van der Waals surface area contributed by atoms with Crippen LogP contribution < -0.4 is 10.6 Å². The Labute approximate surface area is 166 Å². The zero-order chi connectivity index (χ0) is 19.6. The number of unbranched alkanes of at least 4 members (excludes halogenated alkanes) is 1. The van der Waals surface area contributed by atoms with Crippen LogP contribution >= 0.6 is 0 Å². The summed E-state index contributed by atoms with van der Waals surface area (Å²) in [6.07, 6.45) is 9.89. The Bertz CT molecular complexity index is 463. The minimum Gasteiger partial charge on any atom is -0.356 e. The number of likely N-dealkylation sites (tertiary alicyclic amines) is 1. The molecular weight excluding hydrogens is 338 g/mol. The van der Waals surface area contributed by atoms with Crippen LogP contribution in [0, 0.1) is 5.92 Å². The molecule has 6 heteroatoms. The van der Waals surface area contributed by atoms with E-state index in [0.29, 0.717) is 6.04 Å². The molecule has 0 aromatic rings. The average molecular weight is 380 g/mol. The summed E-state index contributed by atoms with van der Waals surface area (Å²) in [6.45, 7) is 8.23. The maximum atomic E-state index is 11.9. The van der Waals surface area contributed by atoms with E-state index in [9.17, 15) is 4.79 Å². The van der Waals surface area contributed by atoms with Crippen molar-refractivity contribution in [1.82, 2.24) is 20.4 Å². The quantitative estimate of drug-likeness (QED) is 0.405. The van der Waals surface area contributed by atoms with E-state index in [4.69, 9.17) is 0 Å². The highest BCUT2D eigenvalue weighted by atomic mass is 16.2. The van der Waals surface area contributed by atoms with Crippen molar-refractivity contribution in [3.8, 4) is 0 Å². The first-order valence-corrected chi connectivity index (χ1v) is 11.0. The van der Waals surface area contributed by atoms with Crippen LogP contribution in [0.4, 0.5) is 0 Å². The topological polar surface area (TPSA) is 60.0 Å². The van der Waals surface area contributed by atoms with Crippen LogP contribution in [-0.2, 0) is 4.79 Å². The van der Waals surface area contributed by atoms with E-state index < -0.39 is 0 Å². The molecule has 2 N–H and O–H groups in total. The Morgan fingerprint density at radius 2 is 1.78 bits per heavy atom. The van der Waals surface area contributed by atoms with Crippen LogP contribution in [0.15, 0.2) is 4.99 Å². The molecule has 2 fully saturated rings. The molecule has 0 atom stereocenters. The first kappa shape index (κ1) is 22.0. The standard InChI is InChI=1S/C21H41N5O/c1-5-6-13-22-21(23-16-20(27)25(3)4)24-18-7-9-19(10-8-18)26-14-11-17(2)12-15-26/h17-19H,5-16H2,1-4H3,(H2,22,23,24). The zero-order valence-corrected chi connectivity index (χ0v) is 18.0. The number of nitrogens with one attached hydrogen (secondary N) is 2. The van der Waals surface area contributed by atoms with Gasteiger partial charge in [-0.3, -0.25) is 4.79 Å². The Hall–Kier alpha value is -1.30. The number of nitrogens with zero attached hydrogens (tertiary/aromatic N) is 3. The molecule has 1 saturated heterocycles. The smallest absolute Gasteiger partial charge is 0.243 e. The monoisotopic (exact) mass is 379 g/mol. The van der Waals surface area contributed by atoms with Gasteiger partial charge < -0.3 is 20.4 Å². The normalized spacial score (nSPS) is 25.3. The molecule has 6 nitrogen and oxygen atoms in total. The van der Waals surface area contributed by atoms with Crippen molar-refractivity contribution < 1.29 is 4.79 Å². The first-order valence-electron chi connectivity index (χ1n) is 11.0. The zero-order valence-electron chi connectivity index (χ0n) is 18.0. The second-order valence-corrected chi connectivity index (χ2v) is 8.60. The minimum absolute atomic E-state index is 0.0367. The lowest BCUT2D eigenvalue weighted by Gasteiger charge is -2.40. The van der Waals surface area contributed by atoms with Gasteiger partial charge in [0.1, 0.15) is 6.54 Å². The molecular formula is C21H41N5O. The maximum absolute atomic E-state index is 11.9. The Kier molecular flexibility index (Phi) is 9.39. The number of rotatable bonds is 7. The molecule has 0 unspecified atom stereocenters. The second kappa shape index (κ2) is 11.5. The molecule has 2 rings (SSSR count). The number of carbonyl (C=O) groups is 1. The van der Waals surface area contributed by atoms with Crippen molar-refractivity contribution in [3.63, 3.8) is 0 Å². The fourth-order valence-corrected chi connectivity index (χ4v) is 4.00. The van der Waals surface area contributed by atoms with Crippen LogP contribution in [0.3, 0.4) is 0 Å². The molecule has 1 aliphatic carbocycles. The molecule has 1 saturated carbocycles. The predicted molar refractivity (Wildman–Crippen MR) is 113 cm³/mol. The lowest BCUT2D eigenvalue weighted by Crippen LogP contribution is -2.49. The van der Waals surface area contributed by atoms with Gasteiger partial charge in [-0.25, -0.2) is 4.99 Å². The summed E-state index contributed by atoms with van der Waals surface area (Å²) in [6, 6.07) is 1.23. The molecule has 0 aromatic heterocycles. The molecule has 156 valence electrons. The largest absolute Gasteiger partial charge is 0.356 e. The van der Waals surface area contributed by atoms with Gasteiger partial charge >= 0.3 is 0 Å². The SMILES string of the molecule is CCCCNC(=NCC(=O)N(C)C)NC1CCC(N2CCC(C)CC2)CC1. The van der Waals surface area contributed by atoms with Crippen molar-refractivity contribution in [3.05, 3.63) is 0 Å². The van der Waals surface area contributed by atoms with Gasteiger partial charge in [-0.1, -0.05) is 20.3 Å². The van der Waals surface area contributed by atoms with Gasteiger partial charge in [0.15, 0.2) is 5.96 Å². The molecule has 1 amide bonds. The van der Waals surface area contributed by atoms with E-state index in [1.807, 2.05) is 0 Å². The van der Waals surface area contributed by atoms with Crippen LogP contribution in [0.1, 0.15) is 65.2 Å². The van der Waals surface area contributed by atoms with Gasteiger partial charge in [0.05, 0.1) is 0 Å². The highest BCUT2D eigenvalue weighted by Gasteiger charge is 2.28. The molecule has 0 bridgehead atoms. The first-order chi connectivity index (χ1) is 13.0. The molecule has 1 aliphatic heterocycles. The van der Waals surface area contributed by atoms with Gasteiger partial charge in [0.2, 0.25) is 5.91 Å². The van der Waals surface area contributed by atoms with Gasteiger partial charge in [-0.15, -0.1) is 0 Å². The van der Waals surface area contributed by atoms with Crippen LogP contribution in [-0.4, -0.2) is 74.0 Å². The Balaban J connectivity index is 1.80. The number of piperidine rings is 1. The minimum atomic E-state index is 0.0367. The van der Waals surface area contributed by atoms with E-state index in [1.54, 1.807) is 19.0 Å². The summed E-state index contributed by atoms with van der Waals surface area (Å²) in [7, 11) is 3.55. The summed E-state index contributed by atoms with van der Waals surface area (Å²) in [5, 5.41) is 6.99. The number of aliphatic imine (C=N–C) groups is 1. The van der Waals surface area contributed by atoms with Crippen molar-refractivity contribution >= 4 is 11.9 Å². The van der Waals surface area contributed by atoms with Crippen LogP contribution in [0.25, 0.3) is 0 Å². The molecule has 27 heavy (non-hydrogen) atoms. The summed E-state index contributed by atoms with van der Waals surface area (Å²) in [4.78, 5) is 20.7. The molecule has 1 heterocycles. The van der Waals surface area contributed by atoms with Crippen molar-refractivity contribution in [2.24, 2.45) is 10.9 Å².